The van der Waals surface area contributed by atoms with Gasteiger partial charge >= 0.3 is 0 Å². The Kier molecular flexibility index (Phi) is 8.33. The minimum atomic E-state index is -0.432. The molecule has 8 heteroatoms. The fourth-order valence-corrected chi connectivity index (χ4v) is 4.30. The highest BCUT2D eigenvalue weighted by molar-refractivity contribution is 5.94. The summed E-state index contributed by atoms with van der Waals surface area (Å²) in [5.74, 6) is -0.979. The van der Waals surface area contributed by atoms with Crippen molar-refractivity contribution in [1.82, 2.24) is 9.88 Å². The van der Waals surface area contributed by atoms with Crippen LogP contribution in [0.25, 0.3) is 11.3 Å². The number of benzene rings is 3. The number of pyridine rings is 1. The van der Waals surface area contributed by atoms with Crippen molar-refractivity contribution < 1.29 is 13.6 Å². The molecule has 38 heavy (non-hydrogen) atoms. The highest BCUT2D eigenvalue weighted by Gasteiger charge is 2.18. The maximum absolute atomic E-state index is 13.6. The summed E-state index contributed by atoms with van der Waals surface area (Å²) in [7, 11) is 3.57. The Labute approximate surface area is 220 Å². The number of nitrogens with zero attached hydrogens (tertiary/aromatic N) is 2. The fourth-order valence-electron chi connectivity index (χ4n) is 4.30. The summed E-state index contributed by atoms with van der Waals surface area (Å²) in [6.07, 6.45) is 0.568. The Morgan fingerprint density at radius 1 is 0.921 bits per heavy atom. The number of hydrogen-bond acceptors (Lipinski definition) is 4. The molecule has 0 saturated heterocycles. The third-order valence-corrected chi connectivity index (χ3v) is 6.50. The Bertz CT molecular complexity index is 1460. The van der Waals surface area contributed by atoms with Crippen LogP contribution >= 0.6 is 0 Å². The molecule has 1 atom stereocenters. The van der Waals surface area contributed by atoms with Gasteiger partial charge in [-0.05, 0) is 97.4 Å². The van der Waals surface area contributed by atoms with E-state index in [9.17, 15) is 18.4 Å². The highest BCUT2D eigenvalue weighted by Crippen LogP contribution is 2.26. The summed E-state index contributed by atoms with van der Waals surface area (Å²) in [6.45, 7) is 2.09. The molecule has 0 radical (unpaired) electrons. The van der Waals surface area contributed by atoms with E-state index < -0.39 is 6.04 Å². The average molecular weight is 517 g/mol. The van der Waals surface area contributed by atoms with Gasteiger partial charge in [-0.2, -0.15) is 0 Å². The number of hydrogen-bond donors (Lipinski definition) is 2. The highest BCUT2D eigenvalue weighted by atomic mass is 19.1. The second kappa shape index (κ2) is 11.8. The van der Waals surface area contributed by atoms with Gasteiger partial charge < -0.3 is 20.1 Å². The van der Waals surface area contributed by atoms with Crippen molar-refractivity contribution in [3.8, 4) is 11.3 Å². The standard InChI is InChI=1S/C30H30F2N4O2/c1-4-26(33-2)29(37)34-27-16-17-28(21-8-10-22(31)11-9-21)36(30(27)38)19-20-6-5-7-25(18-20)35(3)24-14-12-23(32)13-15-24/h5-18,26,33H,4,19H2,1-3H3,(H,34,37)/t26-/m0/s1. The minimum absolute atomic E-state index is 0.161. The summed E-state index contributed by atoms with van der Waals surface area (Å²) in [5, 5.41) is 5.69. The lowest BCUT2D eigenvalue weighted by Crippen LogP contribution is -2.39. The number of aromatic nitrogens is 1. The number of nitrogens with one attached hydrogen (secondary N) is 2. The average Bonchev–Trinajstić information content (AvgIpc) is 2.92. The van der Waals surface area contributed by atoms with Crippen molar-refractivity contribution in [1.29, 1.82) is 0 Å². The molecule has 2 N–H and O–H groups in total. The van der Waals surface area contributed by atoms with Crippen LogP contribution in [0, 0.1) is 11.6 Å². The van der Waals surface area contributed by atoms with Crippen LogP contribution in [0.15, 0.2) is 89.7 Å². The summed E-state index contributed by atoms with van der Waals surface area (Å²) in [5.41, 5.74) is 3.56. The largest absolute Gasteiger partial charge is 0.345 e. The molecular formula is C30H30F2N4O2. The maximum atomic E-state index is 13.6. The van der Waals surface area contributed by atoms with E-state index >= 15 is 0 Å². The van der Waals surface area contributed by atoms with E-state index in [1.165, 1.54) is 24.3 Å². The van der Waals surface area contributed by atoms with Gasteiger partial charge in [0.25, 0.3) is 5.56 Å². The number of amides is 1. The van der Waals surface area contributed by atoms with Crippen LogP contribution in [0.1, 0.15) is 18.9 Å². The SMILES string of the molecule is CC[C@H](NC)C(=O)Nc1ccc(-c2ccc(F)cc2)n(Cc2cccc(N(C)c3ccc(F)cc3)c2)c1=O. The molecule has 1 heterocycles. The first-order valence-corrected chi connectivity index (χ1v) is 12.4. The number of halogens is 2. The zero-order chi connectivity index (χ0) is 27.2. The predicted molar refractivity (Wildman–Crippen MR) is 148 cm³/mol. The normalized spacial score (nSPS) is 11.7. The smallest absolute Gasteiger partial charge is 0.275 e. The number of carbonyl (C=O) groups is 1. The lowest BCUT2D eigenvalue weighted by atomic mass is 10.1. The molecule has 3 aromatic carbocycles. The van der Waals surface area contributed by atoms with E-state index in [1.807, 2.05) is 43.1 Å². The van der Waals surface area contributed by atoms with E-state index in [1.54, 1.807) is 48.0 Å². The monoisotopic (exact) mass is 516 g/mol. The first-order valence-electron chi connectivity index (χ1n) is 12.4. The molecule has 0 saturated carbocycles. The minimum Gasteiger partial charge on any atom is -0.345 e. The van der Waals surface area contributed by atoms with Gasteiger partial charge in [-0.25, -0.2) is 8.78 Å². The number of likely N-dealkylation sites (N-methyl/N-ethyl adjacent to an activating group) is 1. The maximum Gasteiger partial charge on any atom is 0.275 e. The van der Waals surface area contributed by atoms with Gasteiger partial charge in [0.2, 0.25) is 5.91 Å². The molecule has 4 rings (SSSR count). The van der Waals surface area contributed by atoms with Crippen LogP contribution in [0.3, 0.4) is 0 Å². The van der Waals surface area contributed by atoms with Gasteiger partial charge in [0.15, 0.2) is 0 Å². The molecule has 0 aliphatic carbocycles. The van der Waals surface area contributed by atoms with Crippen LogP contribution in [-0.2, 0) is 11.3 Å². The second-order valence-electron chi connectivity index (χ2n) is 8.97. The van der Waals surface area contributed by atoms with Gasteiger partial charge in [-0.3, -0.25) is 9.59 Å². The molecule has 1 aromatic heterocycles. The van der Waals surface area contributed by atoms with E-state index in [0.29, 0.717) is 17.7 Å². The van der Waals surface area contributed by atoms with Crippen molar-refractivity contribution in [3.05, 3.63) is 112 Å². The van der Waals surface area contributed by atoms with Gasteiger partial charge in [0, 0.05) is 18.4 Å². The molecule has 6 nitrogen and oxygen atoms in total. The number of anilines is 3. The molecule has 0 spiro atoms. The Morgan fingerprint density at radius 3 is 2.21 bits per heavy atom. The Morgan fingerprint density at radius 2 is 1.58 bits per heavy atom. The van der Waals surface area contributed by atoms with E-state index in [-0.39, 0.29) is 35.3 Å². The lowest BCUT2D eigenvalue weighted by molar-refractivity contribution is -0.118. The van der Waals surface area contributed by atoms with Gasteiger partial charge in [-0.1, -0.05) is 19.1 Å². The predicted octanol–water partition coefficient (Wildman–Crippen LogP) is 5.55. The van der Waals surface area contributed by atoms with Crippen molar-refractivity contribution in [2.45, 2.75) is 25.9 Å². The molecule has 4 aromatic rings. The number of rotatable bonds is 9. The molecule has 0 aliphatic heterocycles. The second-order valence-corrected chi connectivity index (χ2v) is 8.97. The zero-order valence-corrected chi connectivity index (χ0v) is 21.5. The fraction of sp³-hybridized carbons (Fsp3) is 0.200. The first kappa shape index (κ1) is 26.8. The molecule has 196 valence electrons. The van der Waals surface area contributed by atoms with E-state index in [4.69, 9.17) is 0 Å². The van der Waals surface area contributed by atoms with Crippen LogP contribution < -0.4 is 21.1 Å². The molecule has 0 fully saturated rings. The third-order valence-electron chi connectivity index (χ3n) is 6.50. The van der Waals surface area contributed by atoms with E-state index in [2.05, 4.69) is 10.6 Å². The van der Waals surface area contributed by atoms with Gasteiger partial charge in [0.1, 0.15) is 17.3 Å². The number of carbonyl (C=O) groups excluding carboxylic acids is 1. The summed E-state index contributed by atoms with van der Waals surface area (Å²) < 4.78 is 28.6. The van der Waals surface area contributed by atoms with Crippen LogP contribution in [-0.4, -0.2) is 30.6 Å². The summed E-state index contributed by atoms with van der Waals surface area (Å²) in [6, 6.07) is 22.7. The van der Waals surface area contributed by atoms with Crippen molar-refractivity contribution >= 4 is 23.0 Å². The van der Waals surface area contributed by atoms with Crippen molar-refractivity contribution in [3.63, 3.8) is 0 Å². The molecule has 1 amide bonds. The van der Waals surface area contributed by atoms with Crippen molar-refractivity contribution in [2.24, 2.45) is 0 Å². The quantitative estimate of drug-likeness (QED) is 0.306. The zero-order valence-electron chi connectivity index (χ0n) is 21.5. The topological polar surface area (TPSA) is 66.4 Å². The molecule has 0 unspecified atom stereocenters. The molecular weight excluding hydrogens is 486 g/mol. The Hall–Kier alpha value is -4.30. The summed E-state index contributed by atoms with van der Waals surface area (Å²) in [4.78, 5) is 28.2. The van der Waals surface area contributed by atoms with Crippen LogP contribution in [0.5, 0.6) is 0 Å². The van der Waals surface area contributed by atoms with Gasteiger partial charge in [0.05, 0.1) is 18.3 Å². The third kappa shape index (κ3) is 5.98. The Balaban J connectivity index is 1.73. The first-order chi connectivity index (χ1) is 18.3. The van der Waals surface area contributed by atoms with Crippen LogP contribution in [0.2, 0.25) is 0 Å². The van der Waals surface area contributed by atoms with E-state index in [0.717, 1.165) is 16.9 Å². The van der Waals surface area contributed by atoms with Gasteiger partial charge in [-0.15, -0.1) is 0 Å². The lowest BCUT2D eigenvalue weighted by Gasteiger charge is -2.21. The molecule has 0 bridgehead atoms. The summed E-state index contributed by atoms with van der Waals surface area (Å²) >= 11 is 0. The van der Waals surface area contributed by atoms with Crippen LogP contribution in [0.4, 0.5) is 25.8 Å². The van der Waals surface area contributed by atoms with Crippen molar-refractivity contribution in [2.75, 3.05) is 24.3 Å². The molecule has 0 aliphatic rings.